The number of anilines is 1. The fourth-order valence-corrected chi connectivity index (χ4v) is 3.08. The fraction of sp³-hybridized carbons (Fsp3) is 0.0952. The molecule has 0 bridgehead atoms. The summed E-state index contributed by atoms with van der Waals surface area (Å²) in [6, 6.07) is 15.7. The lowest BCUT2D eigenvalue weighted by atomic mass is 9.95. The topological polar surface area (TPSA) is 91.2 Å². The van der Waals surface area contributed by atoms with E-state index in [4.69, 9.17) is 0 Å². The third-order valence-electron chi connectivity index (χ3n) is 4.41. The van der Waals surface area contributed by atoms with Gasteiger partial charge < -0.3 is 15.5 Å². The van der Waals surface area contributed by atoms with Crippen LogP contribution >= 0.6 is 0 Å². The molecule has 4 aromatic rings. The predicted octanol–water partition coefficient (Wildman–Crippen LogP) is 3.95. The van der Waals surface area contributed by atoms with Crippen LogP contribution in [-0.2, 0) is 0 Å². The lowest BCUT2D eigenvalue weighted by Gasteiger charge is -2.22. The Balaban J connectivity index is 1.88. The van der Waals surface area contributed by atoms with Crippen molar-refractivity contribution in [3.63, 3.8) is 0 Å². The minimum absolute atomic E-state index is 0.0570. The molecule has 0 saturated heterocycles. The zero-order valence-electron chi connectivity index (χ0n) is 14.7. The molecule has 0 radical (unpaired) electrons. The van der Waals surface area contributed by atoms with Gasteiger partial charge in [-0.25, -0.2) is 9.97 Å². The summed E-state index contributed by atoms with van der Waals surface area (Å²) in [6.07, 6.45) is 3.30. The van der Waals surface area contributed by atoms with Crippen molar-refractivity contribution in [3.05, 3.63) is 83.8 Å². The zero-order valence-corrected chi connectivity index (χ0v) is 14.7. The Morgan fingerprint density at radius 3 is 2.52 bits per heavy atom. The van der Waals surface area contributed by atoms with Crippen molar-refractivity contribution in [1.29, 1.82) is 0 Å². The molecule has 1 unspecified atom stereocenters. The molecule has 1 atom stereocenters. The molecule has 0 aliphatic heterocycles. The summed E-state index contributed by atoms with van der Waals surface area (Å²) >= 11 is 0. The van der Waals surface area contributed by atoms with Crippen molar-refractivity contribution in [2.24, 2.45) is 0 Å². The maximum Gasteiger partial charge on any atom is 0.223 e. The lowest BCUT2D eigenvalue weighted by molar-refractivity contribution is 0.459. The first kappa shape index (κ1) is 16.8. The van der Waals surface area contributed by atoms with Crippen LogP contribution in [0.15, 0.2) is 67.0 Å². The van der Waals surface area contributed by atoms with Gasteiger partial charge in [0.05, 0.1) is 6.04 Å². The Bertz CT molecular complexity index is 1110. The van der Waals surface area contributed by atoms with Crippen molar-refractivity contribution in [2.75, 3.05) is 5.32 Å². The molecule has 3 N–H and O–H groups in total. The number of benzene rings is 2. The van der Waals surface area contributed by atoms with Crippen molar-refractivity contribution < 1.29 is 10.2 Å². The molecule has 134 valence electrons. The van der Waals surface area contributed by atoms with Crippen LogP contribution in [0.2, 0.25) is 0 Å². The molecule has 6 nitrogen and oxygen atoms in total. The second-order valence-electron chi connectivity index (χ2n) is 6.24. The molecule has 2 heterocycles. The van der Waals surface area contributed by atoms with Crippen LogP contribution in [0.3, 0.4) is 0 Å². The van der Waals surface area contributed by atoms with E-state index < -0.39 is 6.04 Å². The van der Waals surface area contributed by atoms with Crippen LogP contribution in [0.25, 0.3) is 10.9 Å². The minimum Gasteiger partial charge on any atom is -0.508 e. The van der Waals surface area contributed by atoms with E-state index in [1.165, 1.54) is 0 Å². The van der Waals surface area contributed by atoms with Crippen LogP contribution in [0.5, 0.6) is 11.5 Å². The quantitative estimate of drug-likeness (QED) is 0.512. The van der Waals surface area contributed by atoms with E-state index in [1.54, 1.807) is 36.7 Å². The molecule has 4 rings (SSSR count). The van der Waals surface area contributed by atoms with Crippen LogP contribution in [-0.4, -0.2) is 25.2 Å². The molecular formula is C21H18N4O2. The maximum atomic E-state index is 10.9. The summed E-state index contributed by atoms with van der Waals surface area (Å²) in [5.74, 6) is 0.577. The van der Waals surface area contributed by atoms with E-state index in [-0.39, 0.29) is 11.5 Å². The predicted molar refractivity (Wildman–Crippen MR) is 104 cm³/mol. The average molecular weight is 358 g/mol. The van der Waals surface area contributed by atoms with E-state index in [1.807, 2.05) is 37.3 Å². The smallest absolute Gasteiger partial charge is 0.223 e. The van der Waals surface area contributed by atoms with Gasteiger partial charge in [-0.15, -0.1) is 0 Å². The number of phenols is 2. The monoisotopic (exact) mass is 358 g/mol. The third-order valence-corrected chi connectivity index (χ3v) is 4.41. The summed E-state index contributed by atoms with van der Waals surface area (Å²) in [4.78, 5) is 12.9. The largest absolute Gasteiger partial charge is 0.508 e. The van der Waals surface area contributed by atoms with E-state index >= 15 is 0 Å². The summed E-state index contributed by atoms with van der Waals surface area (Å²) in [5.41, 5.74) is 2.50. The summed E-state index contributed by atoms with van der Waals surface area (Å²) in [7, 11) is 0. The zero-order chi connectivity index (χ0) is 18.8. The van der Waals surface area contributed by atoms with E-state index in [9.17, 15) is 10.2 Å². The molecule has 0 amide bonds. The van der Waals surface area contributed by atoms with E-state index in [0.29, 0.717) is 22.6 Å². The number of hydrogen-bond donors (Lipinski definition) is 3. The maximum absolute atomic E-state index is 10.9. The first-order valence-electron chi connectivity index (χ1n) is 8.54. The van der Waals surface area contributed by atoms with Gasteiger partial charge in [0.15, 0.2) is 0 Å². The van der Waals surface area contributed by atoms with Crippen molar-refractivity contribution in [1.82, 2.24) is 15.0 Å². The Labute approximate surface area is 156 Å². The first-order chi connectivity index (χ1) is 13.1. The van der Waals surface area contributed by atoms with Gasteiger partial charge in [-0.05, 0) is 25.1 Å². The molecular weight excluding hydrogens is 340 g/mol. The second kappa shape index (κ2) is 6.92. The molecule has 2 aromatic carbocycles. The van der Waals surface area contributed by atoms with Gasteiger partial charge in [-0.1, -0.05) is 36.4 Å². The summed E-state index contributed by atoms with van der Waals surface area (Å²) in [6.45, 7) is 1.87. The van der Waals surface area contributed by atoms with Gasteiger partial charge in [-0.2, -0.15) is 0 Å². The number of hydrogen-bond acceptors (Lipinski definition) is 6. The van der Waals surface area contributed by atoms with Crippen molar-refractivity contribution >= 4 is 16.9 Å². The Morgan fingerprint density at radius 1 is 0.852 bits per heavy atom. The SMILES string of the molecule is Cc1ccnc(NC(c2ccccc2O)c2ccc3cccnc3c2O)n1. The fourth-order valence-electron chi connectivity index (χ4n) is 3.08. The summed E-state index contributed by atoms with van der Waals surface area (Å²) in [5, 5.41) is 25.3. The average Bonchev–Trinajstić information content (AvgIpc) is 2.68. The number of rotatable bonds is 4. The summed E-state index contributed by atoms with van der Waals surface area (Å²) < 4.78 is 0. The van der Waals surface area contributed by atoms with E-state index in [2.05, 4.69) is 20.3 Å². The molecule has 0 saturated carbocycles. The minimum atomic E-state index is -0.556. The molecule has 0 fully saturated rings. The van der Waals surface area contributed by atoms with Crippen LogP contribution in [0, 0.1) is 6.92 Å². The Hall–Kier alpha value is -3.67. The lowest BCUT2D eigenvalue weighted by Crippen LogP contribution is -2.15. The molecule has 6 heteroatoms. The molecule has 27 heavy (non-hydrogen) atoms. The van der Waals surface area contributed by atoms with Crippen molar-refractivity contribution in [3.8, 4) is 11.5 Å². The highest BCUT2D eigenvalue weighted by Crippen LogP contribution is 2.38. The Morgan fingerprint density at radius 2 is 1.70 bits per heavy atom. The van der Waals surface area contributed by atoms with Gasteiger partial charge in [0.1, 0.15) is 17.0 Å². The second-order valence-corrected chi connectivity index (χ2v) is 6.24. The van der Waals surface area contributed by atoms with Gasteiger partial charge in [0, 0.05) is 34.6 Å². The number of aryl methyl sites for hydroxylation is 1. The molecule has 0 aliphatic rings. The van der Waals surface area contributed by atoms with Gasteiger partial charge in [0.25, 0.3) is 0 Å². The number of nitrogens with one attached hydrogen (secondary N) is 1. The highest BCUT2D eigenvalue weighted by Gasteiger charge is 2.23. The Kier molecular flexibility index (Phi) is 4.30. The first-order valence-corrected chi connectivity index (χ1v) is 8.54. The highest BCUT2D eigenvalue weighted by molar-refractivity contribution is 5.86. The molecule has 0 aliphatic carbocycles. The normalized spacial score (nSPS) is 12.0. The van der Waals surface area contributed by atoms with Gasteiger partial charge >= 0.3 is 0 Å². The number of fused-ring (bicyclic) bond motifs is 1. The van der Waals surface area contributed by atoms with Crippen LogP contribution in [0.4, 0.5) is 5.95 Å². The van der Waals surface area contributed by atoms with Gasteiger partial charge in [-0.3, -0.25) is 4.98 Å². The highest BCUT2D eigenvalue weighted by atomic mass is 16.3. The van der Waals surface area contributed by atoms with Crippen LogP contribution in [0.1, 0.15) is 22.9 Å². The number of para-hydroxylation sites is 1. The van der Waals surface area contributed by atoms with Gasteiger partial charge in [0.2, 0.25) is 5.95 Å². The van der Waals surface area contributed by atoms with Crippen LogP contribution < -0.4 is 5.32 Å². The number of aromatic nitrogens is 3. The number of phenolic OH excluding ortho intramolecular Hbond substituents is 2. The number of aromatic hydroxyl groups is 2. The number of nitrogens with zero attached hydrogens (tertiary/aromatic N) is 3. The number of pyridine rings is 1. The van der Waals surface area contributed by atoms with E-state index in [0.717, 1.165) is 11.1 Å². The van der Waals surface area contributed by atoms with Crippen molar-refractivity contribution in [2.45, 2.75) is 13.0 Å². The third kappa shape index (κ3) is 3.25. The molecule has 2 aromatic heterocycles. The standard InChI is InChI=1S/C21H18N4O2/c1-13-10-12-23-21(24-13)25-19(15-6-2-3-7-17(15)26)16-9-8-14-5-4-11-22-18(14)20(16)27/h2-12,19,26-27H,1H3,(H,23,24,25). The molecule has 0 spiro atoms.